The third-order valence-corrected chi connectivity index (χ3v) is 2.12. The molecule has 0 saturated carbocycles. The van der Waals surface area contributed by atoms with E-state index in [1.54, 1.807) is 18.2 Å². The van der Waals surface area contributed by atoms with Crippen LogP contribution in [-0.2, 0) is 0 Å². The third-order valence-electron chi connectivity index (χ3n) is 1.80. The summed E-state index contributed by atoms with van der Waals surface area (Å²) < 4.78 is 0. The summed E-state index contributed by atoms with van der Waals surface area (Å²) in [5, 5.41) is 21.1. The van der Waals surface area contributed by atoms with E-state index < -0.39 is 0 Å². The summed E-state index contributed by atoms with van der Waals surface area (Å²) in [5.41, 5.74) is 1.07. The number of aliphatic hydroxyl groups excluding tert-OH is 1. The van der Waals surface area contributed by atoms with Crippen LogP contribution in [0.3, 0.4) is 0 Å². The number of nitriles is 1. The van der Waals surface area contributed by atoms with Crippen LogP contribution in [0.4, 0.5) is 5.69 Å². The summed E-state index contributed by atoms with van der Waals surface area (Å²) >= 11 is 5.83. The molecule has 0 aliphatic carbocycles. The molecule has 0 spiro atoms. The predicted molar refractivity (Wildman–Crippen MR) is 56.3 cm³/mol. The highest BCUT2D eigenvalue weighted by Gasteiger charge is 2.07. The first kappa shape index (κ1) is 10.8. The number of nitrogens with zero attached hydrogens (tertiary/aromatic N) is 1. The largest absolute Gasteiger partial charge is 0.394 e. The van der Waals surface area contributed by atoms with Gasteiger partial charge in [0.25, 0.3) is 0 Å². The highest BCUT2D eigenvalue weighted by molar-refractivity contribution is 6.32. The summed E-state index contributed by atoms with van der Waals surface area (Å²) in [5.74, 6) is 0. The van der Waals surface area contributed by atoms with Crippen molar-refractivity contribution >= 4 is 17.3 Å². The molecule has 0 aliphatic heterocycles. The molecule has 0 saturated heterocycles. The Morgan fingerprint density at radius 3 is 2.93 bits per heavy atom. The summed E-state index contributed by atoms with van der Waals surface area (Å²) in [6, 6.07) is 7.10. The minimum absolute atomic E-state index is 0.0113. The van der Waals surface area contributed by atoms with E-state index in [9.17, 15) is 0 Å². The molecule has 2 N–H and O–H groups in total. The van der Waals surface area contributed by atoms with Gasteiger partial charge in [0, 0.05) is 6.04 Å². The van der Waals surface area contributed by atoms with Crippen molar-refractivity contribution in [2.24, 2.45) is 0 Å². The first-order valence-electron chi connectivity index (χ1n) is 4.25. The van der Waals surface area contributed by atoms with Gasteiger partial charge in [0.15, 0.2) is 0 Å². The molecule has 4 heteroatoms. The summed E-state index contributed by atoms with van der Waals surface area (Å²) in [6.07, 6.45) is 0. The monoisotopic (exact) mass is 210 g/mol. The van der Waals surface area contributed by atoms with Crippen molar-refractivity contribution in [2.45, 2.75) is 13.0 Å². The highest BCUT2D eigenvalue weighted by atomic mass is 35.5. The van der Waals surface area contributed by atoms with Crippen molar-refractivity contribution in [3.8, 4) is 6.07 Å². The second kappa shape index (κ2) is 4.85. The van der Waals surface area contributed by atoms with E-state index in [0.717, 1.165) is 0 Å². The van der Waals surface area contributed by atoms with Crippen molar-refractivity contribution in [3.63, 3.8) is 0 Å². The van der Waals surface area contributed by atoms with Crippen LogP contribution < -0.4 is 5.32 Å². The van der Waals surface area contributed by atoms with Crippen LogP contribution in [0.1, 0.15) is 12.5 Å². The lowest BCUT2D eigenvalue weighted by Gasteiger charge is -2.13. The third kappa shape index (κ3) is 2.38. The van der Waals surface area contributed by atoms with E-state index in [4.69, 9.17) is 22.0 Å². The average molecular weight is 211 g/mol. The molecule has 0 aliphatic rings. The number of hydrogen-bond donors (Lipinski definition) is 2. The molecule has 1 aromatic carbocycles. The smallest absolute Gasteiger partial charge is 0.103 e. The maximum absolute atomic E-state index is 8.85. The number of benzene rings is 1. The number of hydrogen-bond acceptors (Lipinski definition) is 3. The van der Waals surface area contributed by atoms with E-state index >= 15 is 0 Å². The first-order chi connectivity index (χ1) is 6.69. The second-order valence-corrected chi connectivity index (χ2v) is 3.41. The number of rotatable bonds is 3. The fraction of sp³-hybridized carbons (Fsp3) is 0.300. The zero-order valence-electron chi connectivity index (χ0n) is 7.79. The van der Waals surface area contributed by atoms with Gasteiger partial charge in [-0.1, -0.05) is 17.7 Å². The van der Waals surface area contributed by atoms with Gasteiger partial charge in [-0.3, -0.25) is 0 Å². The topological polar surface area (TPSA) is 56.0 Å². The van der Waals surface area contributed by atoms with Crippen molar-refractivity contribution in [2.75, 3.05) is 11.9 Å². The Balaban J connectivity index is 2.98. The van der Waals surface area contributed by atoms with E-state index in [0.29, 0.717) is 16.3 Å². The van der Waals surface area contributed by atoms with Crippen molar-refractivity contribution < 1.29 is 5.11 Å². The van der Waals surface area contributed by atoms with Gasteiger partial charge in [0.2, 0.25) is 0 Å². The molecular weight excluding hydrogens is 200 g/mol. The van der Waals surface area contributed by atoms with Crippen molar-refractivity contribution in [3.05, 3.63) is 28.8 Å². The van der Waals surface area contributed by atoms with E-state index in [1.165, 1.54) is 0 Å². The molecule has 1 unspecified atom stereocenters. The SMILES string of the molecule is CC(CO)Nc1cccc(Cl)c1C#N. The lowest BCUT2D eigenvalue weighted by Crippen LogP contribution is -2.19. The van der Waals surface area contributed by atoms with Crippen LogP contribution in [0.5, 0.6) is 0 Å². The number of anilines is 1. The van der Waals surface area contributed by atoms with Crippen LogP contribution in [0, 0.1) is 11.3 Å². The Morgan fingerprint density at radius 2 is 2.36 bits per heavy atom. The number of nitrogens with one attached hydrogen (secondary N) is 1. The Morgan fingerprint density at radius 1 is 1.64 bits per heavy atom. The molecule has 0 amide bonds. The lowest BCUT2D eigenvalue weighted by molar-refractivity contribution is 0.281. The molecular formula is C10H11ClN2O. The average Bonchev–Trinajstić information content (AvgIpc) is 2.18. The summed E-state index contributed by atoms with van der Waals surface area (Å²) in [4.78, 5) is 0. The molecule has 0 heterocycles. The fourth-order valence-corrected chi connectivity index (χ4v) is 1.29. The minimum Gasteiger partial charge on any atom is -0.394 e. The fourth-order valence-electron chi connectivity index (χ4n) is 1.07. The van der Waals surface area contributed by atoms with E-state index in [2.05, 4.69) is 5.32 Å². The quantitative estimate of drug-likeness (QED) is 0.803. The zero-order valence-corrected chi connectivity index (χ0v) is 8.54. The molecule has 14 heavy (non-hydrogen) atoms. The minimum atomic E-state index is -0.0967. The molecule has 74 valence electrons. The van der Waals surface area contributed by atoms with Gasteiger partial charge in [-0.05, 0) is 19.1 Å². The normalized spacial score (nSPS) is 11.9. The Bertz CT molecular complexity index is 360. The Kier molecular flexibility index (Phi) is 3.75. The highest BCUT2D eigenvalue weighted by Crippen LogP contribution is 2.23. The van der Waals surface area contributed by atoms with Crippen molar-refractivity contribution in [1.82, 2.24) is 0 Å². The van der Waals surface area contributed by atoms with Crippen LogP contribution >= 0.6 is 11.6 Å². The zero-order chi connectivity index (χ0) is 10.6. The maximum atomic E-state index is 8.85. The van der Waals surface area contributed by atoms with Crippen LogP contribution in [-0.4, -0.2) is 17.8 Å². The van der Waals surface area contributed by atoms with Gasteiger partial charge in [-0.25, -0.2) is 0 Å². The van der Waals surface area contributed by atoms with Gasteiger partial charge < -0.3 is 10.4 Å². The van der Waals surface area contributed by atoms with E-state index in [1.807, 2.05) is 13.0 Å². The molecule has 0 aromatic heterocycles. The standard InChI is InChI=1S/C10H11ClN2O/c1-7(6-14)13-10-4-2-3-9(11)8(10)5-12/h2-4,7,13-14H,6H2,1H3. The van der Waals surface area contributed by atoms with Gasteiger partial charge in [0.1, 0.15) is 6.07 Å². The Hall–Kier alpha value is -1.24. The second-order valence-electron chi connectivity index (χ2n) is 3.00. The van der Waals surface area contributed by atoms with Gasteiger partial charge in [-0.15, -0.1) is 0 Å². The maximum Gasteiger partial charge on any atom is 0.103 e. The van der Waals surface area contributed by atoms with Gasteiger partial charge in [0.05, 0.1) is 22.9 Å². The summed E-state index contributed by atoms with van der Waals surface area (Å²) in [6.45, 7) is 1.83. The Labute approximate surface area is 87.9 Å². The molecule has 3 nitrogen and oxygen atoms in total. The summed E-state index contributed by atoms with van der Waals surface area (Å²) in [7, 11) is 0. The van der Waals surface area contributed by atoms with Crippen molar-refractivity contribution in [1.29, 1.82) is 5.26 Å². The molecule has 0 fully saturated rings. The van der Waals surface area contributed by atoms with E-state index in [-0.39, 0.29) is 12.6 Å². The molecule has 0 radical (unpaired) electrons. The van der Waals surface area contributed by atoms with Gasteiger partial charge >= 0.3 is 0 Å². The lowest BCUT2D eigenvalue weighted by atomic mass is 10.2. The molecule has 1 rings (SSSR count). The number of halogens is 1. The molecule has 1 atom stereocenters. The first-order valence-corrected chi connectivity index (χ1v) is 4.63. The van der Waals surface area contributed by atoms with Crippen LogP contribution in [0.25, 0.3) is 0 Å². The molecule has 0 bridgehead atoms. The van der Waals surface area contributed by atoms with Crippen LogP contribution in [0.2, 0.25) is 5.02 Å². The van der Waals surface area contributed by atoms with Gasteiger partial charge in [-0.2, -0.15) is 5.26 Å². The molecule has 1 aromatic rings. The predicted octanol–water partition coefficient (Wildman–Crippen LogP) is 2.00. The number of aliphatic hydroxyl groups is 1. The van der Waals surface area contributed by atoms with Crippen LogP contribution in [0.15, 0.2) is 18.2 Å².